The van der Waals surface area contributed by atoms with Crippen LogP contribution in [0.2, 0.25) is 0 Å². The van der Waals surface area contributed by atoms with Crippen molar-refractivity contribution in [2.24, 2.45) is 23.5 Å². The quantitative estimate of drug-likeness (QED) is 0.115. The molecule has 15 nitrogen and oxygen atoms in total. The van der Waals surface area contributed by atoms with Gasteiger partial charge in [-0.15, -0.1) is 0 Å². The van der Waals surface area contributed by atoms with Crippen LogP contribution in [0.1, 0.15) is 91.2 Å². The van der Waals surface area contributed by atoms with E-state index in [9.17, 15) is 38.7 Å². The molecular formula is C45H65N7O8. The average molecular weight is 832 g/mol. The summed E-state index contributed by atoms with van der Waals surface area (Å²) in [5.74, 6) is -4.69. The van der Waals surface area contributed by atoms with Gasteiger partial charge in [-0.3, -0.25) is 28.8 Å². The fourth-order valence-electron chi connectivity index (χ4n) is 7.96. The second-order valence-corrected chi connectivity index (χ2v) is 17.4. The predicted octanol–water partition coefficient (Wildman–Crippen LogP) is 2.55. The summed E-state index contributed by atoms with van der Waals surface area (Å²) in [5.41, 5.74) is 7.89. The highest BCUT2D eigenvalue weighted by atomic mass is 16.4. The van der Waals surface area contributed by atoms with E-state index in [-0.39, 0.29) is 44.1 Å². The maximum absolute atomic E-state index is 14.3. The number of nitrogens with zero attached hydrogens (tertiary/aromatic N) is 2. The molecule has 0 aliphatic carbocycles. The predicted molar refractivity (Wildman–Crippen MR) is 227 cm³/mol. The zero-order chi connectivity index (χ0) is 44.1. The molecular weight excluding hydrogens is 767 g/mol. The lowest BCUT2D eigenvalue weighted by atomic mass is 9.98. The number of hydrogen-bond acceptors (Lipinski definition) is 8. The van der Waals surface area contributed by atoms with Crippen molar-refractivity contribution in [3.63, 3.8) is 0 Å². The van der Waals surface area contributed by atoms with Crippen molar-refractivity contribution in [1.82, 2.24) is 31.1 Å². The lowest BCUT2D eigenvalue weighted by Gasteiger charge is -2.34. The number of nitrogens with two attached hydrogens (primary N) is 1. The summed E-state index contributed by atoms with van der Waals surface area (Å²) in [6.45, 7) is 11.8. The van der Waals surface area contributed by atoms with Crippen molar-refractivity contribution in [2.75, 3.05) is 13.1 Å². The van der Waals surface area contributed by atoms with E-state index in [4.69, 9.17) is 5.73 Å². The van der Waals surface area contributed by atoms with Crippen LogP contribution in [0, 0.1) is 17.8 Å². The first-order chi connectivity index (χ1) is 28.5. The molecule has 2 aromatic carbocycles. The molecule has 2 fully saturated rings. The normalized spacial score (nSPS) is 19.0. The number of carboxylic acid groups (broad SMARTS) is 1. The van der Waals surface area contributed by atoms with Gasteiger partial charge in [0.2, 0.25) is 35.4 Å². The third kappa shape index (κ3) is 13.4. The van der Waals surface area contributed by atoms with Gasteiger partial charge in [-0.05, 0) is 73.8 Å². The van der Waals surface area contributed by atoms with Gasteiger partial charge in [0, 0.05) is 19.5 Å². The Kier molecular flexibility index (Phi) is 17.6. The highest BCUT2D eigenvalue weighted by molar-refractivity contribution is 5.97. The van der Waals surface area contributed by atoms with Gasteiger partial charge >= 0.3 is 5.97 Å². The number of benzene rings is 2. The Bertz CT molecular complexity index is 1790. The first-order valence-electron chi connectivity index (χ1n) is 21.3. The number of rotatable bonds is 20. The Morgan fingerprint density at radius 2 is 1.07 bits per heavy atom. The number of carbonyl (C=O) groups is 7. The summed E-state index contributed by atoms with van der Waals surface area (Å²) >= 11 is 0. The van der Waals surface area contributed by atoms with Crippen LogP contribution < -0.4 is 27.0 Å². The third-order valence-corrected chi connectivity index (χ3v) is 11.1. The maximum atomic E-state index is 14.3. The van der Waals surface area contributed by atoms with Crippen LogP contribution in [-0.4, -0.2) is 112 Å². The van der Waals surface area contributed by atoms with E-state index in [1.807, 2.05) is 88.4 Å². The first kappa shape index (κ1) is 47.4. The van der Waals surface area contributed by atoms with Crippen molar-refractivity contribution >= 4 is 41.4 Å². The molecule has 0 radical (unpaired) electrons. The number of aliphatic carboxylic acids is 1. The summed E-state index contributed by atoms with van der Waals surface area (Å²) < 4.78 is 0. The standard InChI is InChI=1S/C45H65N7O8/c1-27(2)23-33(47-39(53)32(46)25-30-15-9-7-10-16-30)40(54)49-35(26-31-17-11-8-12-18-31)41(55)48-34(24-28(3)4)42(56)50-38(29(5)6)44(58)51-21-13-19-36(51)43(57)52-22-14-20-37(52)45(59)60/h7-12,15-18,27-29,32-38H,13-14,19-26,46H2,1-6H3,(H,47,53)(H,48,55)(H,49,54)(H,50,56)(H,59,60). The molecule has 2 aliphatic heterocycles. The molecule has 7 N–H and O–H groups in total. The summed E-state index contributed by atoms with van der Waals surface area (Å²) in [5, 5.41) is 21.1. The number of nitrogens with one attached hydrogen (secondary N) is 4. The molecule has 328 valence electrons. The molecule has 15 heteroatoms. The van der Waals surface area contributed by atoms with E-state index in [1.165, 1.54) is 9.80 Å². The van der Waals surface area contributed by atoms with E-state index in [2.05, 4.69) is 21.3 Å². The second-order valence-electron chi connectivity index (χ2n) is 17.4. The van der Waals surface area contributed by atoms with Gasteiger partial charge < -0.3 is 41.9 Å². The zero-order valence-corrected chi connectivity index (χ0v) is 35.9. The van der Waals surface area contributed by atoms with Crippen LogP contribution in [0.3, 0.4) is 0 Å². The van der Waals surface area contributed by atoms with Crippen LogP contribution in [-0.2, 0) is 46.4 Å². The molecule has 2 heterocycles. The summed E-state index contributed by atoms with van der Waals surface area (Å²) in [6.07, 6.45) is 2.69. The van der Waals surface area contributed by atoms with Crippen molar-refractivity contribution in [2.45, 2.75) is 135 Å². The second kappa shape index (κ2) is 22.3. The van der Waals surface area contributed by atoms with Gasteiger partial charge in [0.05, 0.1) is 6.04 Å². The van der Waals surface area contributed by atoms with Gasteiger partial charge in [-0.25, -0.2) is 4.79 Å². The fourth-order valence-corrected chi connectivity index (χ4v) is 7.96. The largest absolute Gasteiger partial charge is 0.480 e. The lowest BCUT2D eigenvalue weighted by Crippen LogP contribution is -2.61. The molecule has 7 unspecified atom stereocenters. The molecule has 0 saturated carbocycles. The van der Waals surface area contributed by atoms with Crippen molar-refractivity contribution in [3.05, 3.63) is 71.8 Å². The Balaban J connectivity index is 1.52. The van der Waals surface area contributed by atoms with Crippen molar-refractivity contribution in [3.8, 4) is 0 Å². The highest BCUT2D eigenvalue weighted by Crippen LogP contribution is 2.26. The molecule has 2 aromatic rings. The van der Waals surface area contributed by atoms with E-state index < -0.39 is 89.6 Å². The number of hydrogen-bond donors (Lipinski definition) is 6. The molecule has 0 bridgehead atoms. The minimum absolute atomic E-state index is 0.000588. The van der Waals surface area contributed by atoms with Gasteiger partial charge in [0.25, 0.3) is 0 Å². The zero-order valence-electron chi connectivity index (χ0n) is 35.9. The van der Waals surface area contributed by atoms with Crippen molar-refractivity contribution < 1.29 is 38.7 Å². The smallest absolute Gasteiger partial charge is 0.326 e. The minimum atomic E-state index is -1.15. The lowest BCUT2D eigenvalue weighted by molar-refractivity contribution is -0.152. The fraction of sp³-hybridized carbons (Fsp3) is 0.578. The van der Waals surface area contributed by atoms with E-state index in [0.717, 1.165) is 11.1 Å². The SMILES string of the molecule is CC(C)CC(NC(=O)C(N)Cc1ccccc1)C(=O)NC(Cc1ccccc1)C(=O)NC(CC(C)C)C(=O)NC(C(=O)N1CCCC1C(=O)N1CCCC1C(=O)O)C(C)C. The van der Waals surface area contributed by atoms with Gasteiger partial charge in [-0.1, -0.05) is 102 Å². The van der Waals surface area contributed by atoms with Gasteiger partial charge in [0.15, 0.2) is 0 Å². The van der Waals surface area contributed by atoms with Crippen LogP contribution in [0.15, 0.2) is 60.7 Å². The Morgan fingerprint density at radius 3 is 1.58 bits per heavy atom. The first-order valence-corrected chi connectivity index (χ1v) is 21.3. The summed E-state index contributed by atoms with van der Waals surface area (Å²) in [6, 6.07) is 11.4. The molecule has 7 atom stereocenters. The molecule has 6 amide bonds. The number of amides is 6. The molecule has 0 aromatic heterocycles. The molecule has 0 spiro atoms. The van der Waals surface area contributed by atoms with Crippen LogP contribution >= 0.6 is 0 Å². The highest BCUT2D eigenvalue weighted by Gasteiger charge is 2.44. The molecule has 2 saturated heterocycles. The van der Waals surface area contributed by atoms with Crippen LogP contribution in [0.25, 0.3) is 0 Å². The van der Waals surface area contributed by atoms with Crippen LogP contribution in [0.5, 0.6) is 0 Å². The van der Waals surface area contributed by atoms with E-state index in [0.29, 0.717) is 32.2 Å². The third-order valence-electron chi connectivity index (χ3n) is 11.1. The van der Waals surface area contributed by atoms with Gasteiger partial charge in [0.1, 0.15) is 36.3 Å². The Labute approximate surface area is 354 Å². The number of carboxylic acids is 1. The topological polar surface area (TPSA) is 220 Å². The average Bonchev–Trinajstić information content (AvgIpc) is 3.90. The molecule has 4 rings (SSSR count). The van der Waals surface area contributed by atoms with E-state index in [1.54, 1.807) is 13.8 Å². The van der Waals surface area contributed by atoms with Crippen molar-refractivity contribution in [1.29, 1.82) is 0 Å². The minimum Gasteiger partial charge on any atom is -0.480 e. The van der Waals surface area contributed by atoms with E-state index >= 15 is 0 Å². The van der Waals surface area contributed by atoms with Gasteiger partial charge in [-0.2, -0.15) is 0 Å². The number of carbonyl (C=O) groups excluding carboxylic acids is 6. The van der Waals surface area contributed by atoms with Crippen LogP contribution in [0.4, 0.5) is 0 Å². The Morgan fingerprint density at radius 1 is 0.617 bits per heavy atom. The summed E-state index contributed by atoms with van der Waals surface area (Å²) in [4.78, 5) is 98.2. The monoisotopic (exact) mass is 831 g/mol. The summed E-state index contributed by atoms with van der Waals surface area (Å²) in [7, 11) is 0. The maximum Gasteiger partial charge on any atom is 0.326 e. The number of likely N-dealkylation sites (tertiary alicyclic amines) is 2. The molecule has 2 aliphatic rings. The molecule has 60 heavy (non-hydrogen) atoms. The Hall–Kier alpha value is -5.31.